The molecular weight excluding hydrogens is 266 g/mol. The molecule has 1 aromatic carbocycles. The minimum atomic E-state index is 0.0539. The zero-order valence-corrected chi connectivity index (χ0v) is 12.3. The van der Waals surface area contributed by atoms with Gasteiger partial charge >= 0.3 is 0 Å². The molecule has 0 fully saturated rings. The summed E-state index contributed by atoms with van der Waals surface area (Å²) in [6, 6.07) is 8.19. The highest BCUT2D eigenvalue weighted by Crippen LogP contribution is 2.24. The van der Waals surface area contributed by atoms with Crippen LogP contribution in [0.5, 0.6) is 0 Å². The van der Waals surface area contributed by atoms with Gasteiger partial charge in [-0.1, -0.05) is 18.2 Å². The fraction of sp³-hybridized carbons (Fsp3) is 0.400. The predicted molar refractivity (Wildman–Crippen MR) is 79.7 cm³/mol. The molecule has 1 aliphatic heterocycles. The summed E-state index contributed by atoms with van der Waals surface area (Å²) in [5, 5.41) is 7.40. The third-order valence-corrected chi connectivity index (χ3v) is 3.61. The van der Waals surface area contributed by atoms with Crippen molar-refractivity contribution in [1.82, 2.24) is 20.1 Å². The molecule has 0 saturated heterocycles. The summed E-state index contributed by atoms with van der Waals surface area (Å²) in [5.74, 6) is 0.855. The lowest BCUT2D eigenvalue weighted by atomic mass is 10.1. The van der Waals surface area contributed by atoms with Gasteiger partial charge in [0, 0.05) is 18.3 Å². The van der Waals surface area contributed by atoms with Crippen LogP contribution in [0.2, 0.25) is 0 Å². The number of hydrogen-bond acceptors (Lipinski definition) is 4. The standard InChI is InChI=1S/C15H19N5O/c1-11(2)20-14(17-10-18-20)9-19-13-6-4-3-5-12(13)7-16-8-15(19)21/h3-6,10-11,16H,7-9H2,1-2H3. The molecule has 0 saturated carbocycles. The summed E-state index contributed by atoms with van der Waals surface area (Å²) in [7, 11) is 0. The molecule has 0 unspecified atom stereocenters. The molecule has 6 nitrogen and oxygen atoms in total. The predicted octanol–water partition coefficient (Wildman–Crippen LogP) is 1.50. The van der Waals surface area contributed by atoms with E-state index < -0.39 is 0 Å². The number of nitrogens with one attached hydrogen (secondary N) is 1. The van der Waals surface area contributed by atoms with Gasteiger partial charge in [-0.05, 0) is 25.5 Å². The Kier molecular flexibility index (Phi) is 3.70. The maximum Gasteiger partial charge on any atom is 0.241 e. The Morgan fingerprint density at radius 3 is 2.90 bits per heavy atom. The molecule has 0 aliphatic carbocycles. The largest absolute Gasteiger partial charge is 0.304 e. The second-order valence-corrected chi connectivity index (χ2v) is 5.43. The average Bonchev–Trinajstić information content (AvgIpc) is 2.87. The van der Waals surface area contributed by atoms with Crippen LogP contribution in [-0.4, -0.2) is 27.2 Å². The summed E-state index contributed by atoms with van der Waals surface area (Å²) < 4.78 is 1.86. The van der Waals surface area contributed by atoms with Crippen LogP contribution in [0.3, 0.4) is 0 Å². The number of hydrogen-bond donors (Lipinski definition) is 1. The molecule has 21 heavy (non-hydrogen) atoms. The molecule has 110 valence electrons. The van der Waals surface area contributed by atoms with Gasteiger partial charge in [-0.3, -0.25) is 4.79 Å². The first kappa shape index (κ1) is 13.8. The zero-order valence-electron chi connectivity index (χ0n) is 12.3. The second kappa shape index (κ2) is 5.65. The van der Waals surface area contributed by atoms with Crippen LogP contribution in [-0.2, 0) is 17.9 Å². The number of aromatic nitrogens is 3. The van der Waals surface area contributed by atoms with Crippen molar-refractivity contribution in [2.45, 2.75) is 33.0 Å². The highest BCUT2D eigenvalue weighted by atomic mass is 16.2. The number of benzene rings is 1. The minimum Gasteiger partial charge on any atom is -0.304 e. The van der Waals surface area contributed by atoms with Crippen molar-refractivity contribution >= 4 is 11.6 Å². The molecule has 1 N–H and O–H groups in total. The minimum absolute atomic E-state index is 0.0539. The molecule has 1 aromatic heterocycles. The number of anilines is 1. The highest BCUT2D eigenvalue weighted by Gasteiger charge is 2.23. The van der Waals surface area contributed by atoms with Crippen molar-refractivity contribution in [2.24, 2.45) is 0 Å². The normalized spacial score (nSPS) is 15.2. The smallest absolute Gasteiger partial charge is 0.241 e. The monoisotopic (exact) mass is 285 g/mol. The van der Waals surface area contributed by atoms with Gasteiger partial charge in [0.25, 0.3) is 0 Å². The molecule has 0 bridgehead atoms. The molecule has 0 spiro atoms. The Morgan fingerprint density at radius 2 is 2.10 bits per heavy atom. The van der Waals surface area contributed by atoms with Gasteiger partial charge in [0.15, 0.2) is 0 Å². The molecule has 3 rings (SSSR count). The van der Waals surface area contributed by atoms with Crippen LogP contribution in [0.4, 0.5) is 5.69 Å². The van der Waals surface area contributed by atoms with Crippen LogP contribution in [0, 0.1) is 0 Å². The van der Waals surface area contributed by atoms with Crippen LogP contribution < -0.4 is 10.2 Å². The second-order valence-electron chi connectivity index (χ2n) is 5.43. The Hall–Kier alpha value is -2.21. The molecule has 0 radical (unpaired) electrons. The number of nitrogens with zero attached hydrogens (tertiary/aromatic N) is 4. The van der Waals surface area contributed by atoms with Crippen LogP contribution in [0.25, 0.3) is 0 Å². The van der Waals surface area contributed by atoms with Crippen molar-refractivity contribution in [3.63, 3.8) is 0 Å². The first-order chi connectivity index (χ1) is 10.2. The first-order valence-electron chi connectivity index (χ1n) is 7.14. The molecule has 2 heterocycles. The zero-order chi connectivity index (χ0) is 14.8. The molecule has 1 amide bonds. The van der Waals surface area contributed by atoms with Gasteiger partial charge in [0.05, 0.1) is 13.1 Å². The van der Waals surface area contributed by atoms with E-state index >= 15 is 0 Å². The number of carbonyl (C=O) groups is 1. The van der Waals surface area contributed by atoms with Crippen molar-refractivity contribution in [2.75, 3.05) is 11.4 Å². The van der Waals surface area contributed by atoms with Crippen LogP contribution >= 0.6 is 0 Å². The Balaban J connectivity index is 1.96. The van der Waals surface area contributed by atoms with E-state index in [-0.39, 0.29) is 11.9 Å². The van der Waals surface area contributed by atoms with E-state index in [1.165, 1.54) is 0 Å². The van der Waals surface area contributed by atoms with Gasteiger partial charge in [-0.2, -0.15) is 5.10 Å². The van der Waals surface area contributed by atoms with E-state index in [2.05, 4.69) is 29.2 Å². The van der Waals surface area contributed by atoms with E-state index in [4.69, 9.17) is 0 Å². The molecular formula is C15H19N5O. The molecule has 2 aromatic rings. The summed E-state index contributed by atoms with van der Waals surface area (Å²) in [4.78, 5) is 18.5. The third-order valence-electron chi connectivity index (χ3n) is 3.61. The first-order valence-corrected chi connectivity index (χ1v) is 7.14. The Labute approximate surface area is 123 Å². The summed E-state index contributed by atoms with van der Waals surface area (Å²) in [6.07, 6.45) is 1.54. The lowest BCUT2D eigenvalue weighted by Crippen LogP contribution is -2.36. The van der Waals surface area contributed by atoms with Gasteiger partial charge in [-0.15, -0.1) is 0 Å². The average molecular weight is 285 g/mol. The third kappa shape index (κ3) is 2.67. The van der Waals surface area contributed by atoms with Gasteiger partial charge in [-0.25, -0.2) is 9.67 Å². The van der Waals surface area contributed by atoms with Crippen LogP contribution in [0.15, 0.2) is 30.6 Å². The van der Waals surface area contributed by atoms with E-state index in [1.54, 1.807) is 11.2 Å². The van der Waals surface area contributed by atoms with Gasteiger partial charge < -0.3 is 10.2 Å². The maximum atomic E-state index is 12.4. The molecule has 1 aliphatic rings. The lowest BCUT2D eigenvalue weighted by Gasteiger charge is -2.23. The number of carbonyl (C=O) groups excluding carboxylic acids is 1. The van der Waals surface area contributed by atoms with Crippen molar-refractivity contribution < 1.29 is 4.79 Å². The van der Waals surface area contributed by atoms with Crippen molar-refractivity contribution in [1.29, 1.82) is 0 Å². The Morgan fingerprint density at radius 1 is 1.29 bits per heavy atom. The fourth-order valence-electron chi connectivity index (χ4n) is 2.59. The summed E-state index contributed by atoms with van der Waals surface area (Å²) >= 11 is 0. The van der Waals surface area contributed by atoms with Crippen LogP contribution in [0.1, 0.15) is 31.3 Å². The van der Waals surface area contributed by atoms with Gasteiger partial charge in [0.2, 0.25) is 5.91 Å². The maximum absolute atomic E-state index is 12.4. The van der Waals surface area contributed by atoms with E-state index in [0.717, 1.165) is 17.1 Å². The van der Waals surface area contributed by atoms with Crippen molar-refractivity contribution in [3.8, 4) is 0 Å². The van der Waals surface area contributed by atoms with E-state index in [0.29, 0.717) is 19.6 Å². The van der Waals surface area contributed by atoms with Crippen molar-refractivity contribution in [3.05, 3.63) is 42.0 Å². The fourth-order valence-corrected chi connectivity index (χ4v) is 2.59. The lowest BCUT2D eigenvalue weighted by molar-refractivity contribution is -0.117. The topological polar surface area (TPSA) is 63.1 Å². The number of fused-ring (bicyclic) bond motifs is 1. The summed E-state index contributed by atoms with van der Waals surface area (Å²) in [5.41, 5.74) is 2.07. The van der Waals surface area contributed by atoms with Gasteiger partial charge in [0.1, 0.15) is 12.2 Å². The molecule has 6 heteroatoms. The van der Waals surface area contributed by atoms with E-state index in [1.807, 2.05) is 28.9 Å². The highest BCUT2D eigenvalue weighted by molar-refractivity contribution is 5.96. The molecule has 0 atom stereocenters. The quantitative estimate of drug-likeness (QED) is 0.928. The summed E-state index contributed by atoms with van der Waals surface area (Å²) in [6.45, 7) is 5.59. The van der Waals surface area contributed by atoms with E-state index in [9.17, 15) is 4.79 Å². The number of rotatable bonds is 3. The SMILES string of the molecule is CC(C)n1ncnc1CN1C(=O)CNCc2ccccc21. The number of para-hydroxylation sites is 1. The number of amides is 1. The Bertz CT molecular complexity index is 649.